The summed E-state index contributed by atoms with van der Waals surface area (Å²) in [5.74, 6) is -1.15. The summed E-state index contributed by atoms with van der Waals surface area (Å²) in [5.41, 5.74) is 4.43. The summed E-state index contributed by atoms with van der Waals surface area (Å²) >= 11 is 5.84. The van der Waals surface area contributed by atoms with Gasteiger partial charge in [-0.25, -0.2) is 0 Å². The first-order chi connectivity index (χ1) is 15.9. The largest absolute Gasteiger partial charge is 0.398 e. The lowest BCUT2D eigenvalue weighted by Crippen LogP contribution is -2.41. The zero-order chi connectivity index (χ0) is 25.1. The van der Waals surface area contributed by atoms with Gasteiger partial charge in [0.25, 0.3) is 0 Å². The van der Waals surface area contributed by atoms with Crippen LogP contribution in [-0.4, -0.2) is 54.6 Å². The van der Waals surface area contributed by atoms with Crippen LogP contribution in [-0.2, 0) is 11.2 Å². The molecule has 0 radical (unpaired) electrons. The average Bonchev–Trinajstić information content (AvgIpc) is 3.58. The second-order valence-corrected chi connectivity index (χ2v) is 9.06. The Morgan fingerprint density at radius 1 is 1.21 bits per heavy atom. The van der Waals surface area contributed by atoms with Crippen molar-refractivity contribution < 1.29 is 22.8 Å². The molecule has 1 fully saturated rings. The summed E-state index contributed by atoms with van der Waals surface area (Å²) in [6.07, 6.45) is -1.87. The summed E-state index contributed by atoms with van der Waals surface area (Å²) in [6, 6.07) is 9.53. The van der Waals surface area contributed by atoms with Gasteiger partial charge in [-0.2, -0.15) is 13.2 Å². The van der Waals surface area contributed by atoms with Gasteiger partial charge in [0.15, 0.2) is 0 Å². The van der Waals surface area contributed by atoms with Crippen molar-refractivity contribution in [2.75, 3.05) is 20.6 Å². The summed E-state index contributed by atoms with van der Waals surface area (Å²) in [7, 11) is 3.69. The van der Waals surface area contributed by atoms with Gasteiger partial charge in [-0.1, -0.05) is 23.7 Å². The van der Waals surface area contributed by atoms with E-state index in [0.717, 1.165) is 11.6 Å². The molecule has 0 bridgehead atoms. The van der Waals surface area contributed by atoms with Gasteiger partial charge < -0.3 is 16.0 Å². The van der Waals surface area contributed by atoms with Crippen LogP contribution in [0.4, 0.5) is 13.2 Å². The Morgan fingerprint density at radius 3 is 2.32 bits per heavy atom. The van der Waals surface area contributed by atoms with E-state index in [2.05, 4.69) is 10.3 Å². The lowest BCUT2D eigenvalue weighted by atomic mass is 9.91. The number of benzene rings is 1. The molecule has 0 aliphatic heterocycles. The molecule has 2 amide bonds. The van der Waals surface area contributed by atoms with Crippen molar-refractivity contribution in [3.05, 3.63) is 70.5 Å². The molecule has 10 heteroatoms. The number of primary amides is 1. The van der Waals surface area contributed by atoms with Crippen molar-refractivity contribution in [1.82, 2.24) is 15.2 Å². The van der Waals surface area contributed by atoms with E-state index in [1.54, 1.807) is 24.3 Å². The van der Waals surface area contributed by atoms with Crippen LogP contribution >= 0.6 is 11.6 Å². The van der Waals surface area contributed by atoms with Crippen molar-refractivity contribution in [1.29, 1.82) is 0 Å². The maximum atomic E-state index is 13.8. The third-order valence-corrected chi connectivity index (χ3v) is 6.26. The number of rotatable bonds is 9. The van der Waals surface area contributed by atoms with Crippen LogP contribution in [0.15, 0.2) is 48.7 Å². The summed E-state index contributed by atoms with van der Waals surface area (Å²) in [6.45, 7) is 0.209. The molecule has 1 atom stereocenters. The molecule has 2 aromatic rings. The third-order valence-electron chi connectivity index (χ3n) is 6.04. The van der Waals surface area contributed by atoms with Gasteiger partial charge in [-0.05, 0) is 68.8 Å². The highest BCUT2D eigenvalue weighted by Crippen LogP contribution is 2.64. The zero-order valence-corrected chi connectivity index (χ0v) is 19.6. The van der Waals surface area contributed by atoms with Gasteiger partial charge in [0.1, 0.15) is 0 Å². The quantitative estimate of drug-likeness (QED) is 0.518. The number of nitrogens with one attached hydrogen (secondary N) is 1. The van der Waals surface area contributed by atoms with Gasteiger partial charge in [0.2, 0.25) is 11.8 Å². The number of alkyl halides is 3. The normalized spacial score (nSPS) is 16.3. The second-order valence-electron chi connectivity index (χ2n) is 8.63. The molecule has 3 rings (SSSR count). The third kappa shape index (κ3) is 5.95. The maximum absolute atomic E-state index is 13.8. The molecule has 34 heavy (non-hydrogen) atoms. The average molecular weight is 495 g/mol. The highest BCUT2D eigenvalue weighted by molar-refractivity contribution is 6.30. The number of aromatic nitrogens is 1. The summed E-state index contributed by atoms with van der Waals surface area (Å²) in [5, 5.41) is 3.02. The number of nitrogens with two attached hydrogens (primary N) is 1. The number of allylic oxidation sites excluding steroid dienone is 1. The molecule has 3 N–H and O–H groups in total. The van der Waals surface area contributed by atoms with Crippen molar-refractivity contribution in [2.24, 2.45) is 11.1 Å². The number of carbonyl (C=O) groups excluding carboxylic acids is 2. The molecular formula is C24H26ClF3N4O2. The summed E-state index contributed by atoms with van der Waals surface area (Å²) < 4.78 is 41.5. The minimum atomic E-state index is -4.50. The van der Waals surface area contributed by atoms with Gasteiger partial charge in [-0.3, -0.25) is 14.6 Å². The van der Waals surface area contributed by atoms with Crippen LogP contribution in [0, 0.1) is 5.41 Å². The first-order valence-electron chi connectivity index (χ1n) is 10.7. The van der Waals surface area contributed by atoms with Crippen molar-refractivity contribution in [3.8, 4) is 0 Å². The lowest BCUT2D eigenvalue weighted by molar-refractivity contribution is -0.168. The summed E-state index contributed by atoms with van der Waals surface area (Å²) in [4.78, 5) is 29.9. The van der Waals surface area contributed by atoms with Gasteiger partial charge in [0.05, 0.1) is 16.1 Å². The molecule has 0 spiro atoms. The monoisotopic (exact) mass is 494 g/mol. The minimum absolute atomic E-state index is 0.0769. The predicted octanol–water partition coefficient (Wildman–Crippen LogP) is 3.85. The Morgan fingerprint density at radius 2 is 1.85 bits per heavy atom. The van der Waals surface area contributed by atoms with Crippen LogP contribution in [0.2, 0.25) is 5.02 Å². The Labute approximate surface area is 201 Å². The predicted molar refractivity (Wildman–Crippen MR) is 124 cm³/mol. The SMILES string of the molecule is CN(C)[C@H](CNC(=O)/C=C(\c1ccc(Cl)cn1)C1(C(F)(F)F)CC1)Cc1ccc(C(N)=O)cc1. The molecule has 1 aromatic carbocycles. The fourth-order valence-electron chi connectivity index (χ4n) is 3.74. The number of halogens is 4. The van der Waals surface area contributed by atoms with Crippen LogP contribution in [0.1, 0.15) is 34.5 Å². The first-order valence-corrected chi connectivity index (χ1v) is 11.0. The van der Waals surface area contributed by atoms with Crippen LogP contribution in [0.25, 0.3) is 5.57 Å². The molecule has 1 aliphatic rings. The van der Waals surface area contributed by atoms with Crippen LogP contribution in [0.5, 0.6) is 0 Å². The molecule has 6 nitrogen and oxygen atoms in total. The van der Waals surface area contributed by atoms with E-state index in [-0.39, 0.29) is 36.7 Å². The highest BCUT2D eigenvalue weighted by Gasteiger charge is 2.65. The Bertz CT molecular complexity index is 1060. The molecule has 1 aliphatic carbocycles. The van der Waals surface area contributed by atoms with E-state index in [4.69, 9.17) is 17.3 Å². The number of likely N-dealkylation sites (N-methyl/N-ethyl adjacent to an activating group) is 1. The number of pyridine rings is 1. The molecule has 1 saturated carbocycles. The van der Waals surface area contributed by atoms with E-state index in [9.17, 15) is 22.8 Å². The van der Waals surface area contributed by atoms with E-state index in [1.807, 2.05) is 19.0 Å². The zero-order valence-electron chi connectivity index (χ0n) is 18.8. The maximum Gasteiger partial charge on any atom is 0.398 e. The van der Waals surface area contributed by atoms with Gasteiger partial charge >= 0.3 is 6.18 Å². The van der Waals surface area contributed by atoms with Gasteiger partial charge in [0, 0.05) is 30.4 Å². The van der Waals surface area contributed by atoms with Crippen molar-refractivity contribution in [3.63, 3.8) is 0 Å². The molecule has 182 valence electrons. The Hall–Kier alpha value is -2.91. The number of amides is 2. The van der Waals surface area contributed by atoms with Crippen LogP contribution in [0.3, 0.4) is 0 Å². The van der Waals surface area contributed by atoms with E-state index in [1.165, 1.54) is 18.3 Å². The van der Waals surface area contributed by atoms with Crippen molar-refractivity contribution >= 4 is 29.0 Å². The fourth-order valence-corrected chi connectivity index (χ4v) is 3.85. The topological polar surface area (TPSA) is 88.3 Å². The van der Waals surface area contributed by atoms with E-state index in [0.29, 0.717) is 17.0 Å². The number of nitrogens with zero attached hydrogens (tertiary/aromatic N) is 2. The Kier molecular flexibility index (Phi) is 7.67. The lowest BCUT2D eigenvalue weighted by Gasteiger charge is -2.25. The smallest absolute Gasteiger partial charge is 0.366 e. The molecular weight excluding hydrogens is 469 g/mol. The molecule has 0 saturated heterocycles. The molecule has 1 aromatic heterocycles. The Balaban J connectivity index is 1.76. The molecule has 1 heterocycles. The van der Waals surface area contributed by atoms with Crippen LogP contribution < -0.4 is 11.1 Å². The van der Waals surface area contributed by atoms with Crippen molar-refractivity contribution in [2.45, 2.75) is 31.5 Å². The van der Waals surface area contributed by atoms with E-state index >= 15 is 0 Å². The van der Waals surface area contributed by atoms with E-state index < -0.39 is 23.4 Å². The number of hydrogen-bond acceptors (Lipinski definition) is 4. The first kappa shape index (κ1) is 25.7. The number of hydrogen-bond donors (Lipinski definition) is 2. The fraction of sp³-hybridized carbons (Fsp3) is 0.375. The second kappa shape index (κ2) is 10.1. The minimum Gasteiger partial charge on any atom is -0.366 e. The molecule has 0 unspecified atom stereocenters. The van der Waals surface area contributed by atoms with Gasteiger partial charge in [-0.15, -0.1) is 0 Å². The highest BCUT2D eigenvalue weighted by atomic mass is 35.5. The number of carbonyl (C=O) groups is 2. The standard InChI is InChI=1S/C24H26ClF3N4O2/c1-32(2)18(11-15-3-5-16(6-4-15)22(29)34)14-31-21(33)12-19(20-8-7-17(25)13-30-20)23(9-10-23)24(26,27)28/h3-8,12-13,18H,9-11,14H2,1-2H3,(H2,29,34)(H,31,33)/b19-12+/t18-/m0/s1.